The molecule has 0 spiro atoms. The van der Waals surface area contributed by atoms with Crippen LogP contribution in [-0.4, -0.2) is 39.9 Å². The minimum Gasteiger partial charge on any atom is -0.444 e. The Hall–Kier alpha value is -0.770. The zero-order chi connectivity index (χ0) is 13.0. The quantitative estimate of drug-likeness (QED) is 0.764. The molecule has 2 aliphatic rings. The van der Waals surface area contributed by atoms with Crippen molar-refractivity contribution in [2.24, 2.45) is 11.8 Å². The molecule has 0 aromatic rings. The normalized spacial score (nSPS) is 37.6. The lowest BCUT2D eigenvalue weighted by molar-refractivity contribution is -0.000285. The molecule has 17 heavy (non-hydrogen) atoms. The summed E-state index contributed by atoms with van der Waals surface area (Å²) in [4.78, 5) is 13.9. The first-order valence-electron chi connectivity index (χ1n) is 6.42. The number of amides is 1. The largest absolute Gasteiger partial charge is 0.444 e. The van der Waals surface area contributed by atoms with E-state index in [2.05, 4.69) is 6.92 Å². The highest BCUT2D eigenvalue weighted by molar-refractivity contribution is 5.70. The van der Waals surface area contributed by atoms with Crippen LogP contribution in [0.3, 0.4) is 0 Å². The van der Waals surface area contributed by atoms with Gasteiger partial charge in [0.25, 0.3) is 0 Å². The predicted molar refractivity (Wildman–Crippen MR) is 64.6 cm³/mol. The van der Waals surface area contributed by atoms with E-state index < -0.39 is 11.7 Å². The number of hydrogen-bond acceptors (Lipinski definition) is 3. The summed E-state index contributed by atoms with van der Waals surface area (Å²) < 4.78 is 5.42. The highest BCUT2D eigenvalue weighted by atomic mass is 16.6. The fraction of sp³-hybridized carbons (Fsp3) is 0.923. The van der Waals surface area contributed by atoms with Gasteiger partial charge in [0.15, 0.2) is 0 Å². The number of carbonyl (C=O) groups is 1. The van der Waals surface area contributed by atoms with Crippen molar-refractivity contribution in [3.63, 3.8) is 0 Å². The molecule has 0 aromatic heterocycles. The van der Waals surface area contributed by atoms with Crippen molar-refractivity contribution in [1.82, 2.24) is 4.90 Å². The Morgan fingerprint density at radius 2 is 2.06 bits per heavy atom. The zero-order valence-electron chi connectivity index (χ0n) is 11.3. The lowest BCUT2D eigenvalue weighted by Crippen LogP contribution is -2.47. The molecular formula is C13H23NO3. The van der Waals surface area contributed by atoms with Crippen LogP contribution in [0.5, 0.6) is 0 Å². The molecule has 98 valence electrons. The summed E-state index contributed by atoms with van der Waals surface area (Å²) >= 11 is 0. The number of ether oxygens (including phenoxy) is 1. The molecule has 1 amide bonds. The van der Waals surface area contributed by atoms with Crippen molar-refractivity contribution < 1.29 is 14.6 Å². The highest BCUT2D eigenvalue weighted by Crippen LogP contribution is 2.53. The van der Waals surface area contributed by atoms with E-state index in [-0.39, 0.29) is 18.2 Å². The van der Waals surface area contributed by atoms with Crippen molar-refractivity contribution in [1.29, 1.82) is 0 Å². The summed E-state index contributed by atoms with van der Waals surface area (Å²) in [6, 6.07) is 0.209. The van der Waals surface area contributed by atoms with E-state index in [4.69, 9.17) is 4.74 Å². The average molecular weight is 241 g/mol. The molecule has 0 bridgehead atoms. The van der Waals surface area contributed by atoms with Crippen molar-refractivity contribution in [2.45, 2.75) is 64.8 Å². The molecule has 4 nitrogen and oxygen atoms in total. The van der Waals surface area contributed by atoms with Gasteiger partial charge in [-0.25, -0.2) is 4.79 Å². The fourth-order valence-corrected chi connectivity index (χ4v) is 2.95. The minimum atomic E-state index is -0.484. The van der Waals surface area contributed by atoms with Crippen LogP contribution in [0.15, 0.2) is 0 Å². The highest BCUT2D eigenvalue weighted by Gasteiger charge is 2.61. The third-order valence-corrected chi connectivity index (χ3v) is 3.87. The first-order valence-corrected chi connectivity index (χ1v) is 6.42. The van der Waals surface area contributed by atoms with Gasteiger partial charge in [-0.1, -0.05) is 6.92 Å². The SMILES string of the molecule is C[C@H](O)[C@@H]1C[C@H]2C([C@H]2C)N1C(=O)OC(C)(C)C. The number of hydrogen-bond donors (Lipinski definition) is 1. The molecule has 4 heteroatoms. The summed E-state index contributed by atoms with van der Waals surface area (Å²) in [6.07, 6.45) is 0.144. The number of rotatable bonds is 1. The number of likely N-dealkylation sites (tertiary alicyclic amines) is 1. The Balaban J connectivity index is 2.08. The molecule has 1 saturated carbocycles. The summed E-state index contributed by atoms with van der Waals surface area (Å²) in [5.74, 6) is 1.11. The summed E-state index contributed by atoms with van der Waals surface area (Å²) in [5.41, 5.74) is -0.476. The average Bonchev–Trinajstić information content (AvgIpc) is 2.61. The van der Waals surface area contributed by atoms with Crippen molar-refractivity contribution in [3.05, 3.63) is 0 Å². The molecule has 0 aromatic carbocycles. The number of piperidine rings is 1. The van der Waals surface area contributed by atoms with E-state index in [1.54, 1.807) is 11.8 Å². The molecule has 2 fully saturated rings. The second-order valence-electron chi connectivity index (χ2n) is 6.44. The lowest BCUT2D eigenvalue weighted by atomic mass is 10.1. The summed E-state index contributed by atoms with van der Waals surface area (Å²) in [6.45, 7) is 9.51. The monoisotopic (exact) mass is 241 g/mol. The van der Waals surface area contributed by atoms with E-state index in [1.807, 2.05) is 20.8 Å². The smallest absolute Gasteiger partial charge is 0.410 e. The van der Waals surface area contributed by atoms with Crippen LogP contribution in [0.2, 0.25) is 0 Å². The number of fused-ring (bicyclic) bond motifs is 1. The first kappa shape index (κ1) is 12.7. The molecular weight excluding hydrogens is 218 g/mol. The van der Waals surface area contributed by atoms with Gasteiger partial charge >= 0.3 is 6.09 Å². The predicted octanol–water partition coefficient (Wildman–Crippen LogP) is 2.01. The Bertz CT molecular complexity index is 321. The second kappa shape index (κ2) is 3.87. The second-order valence-corrected chi connectivity index (χ2v) is 6.44. The molecule has 1 unspecified atom stereocenters. The van der Waals surface area contributed by atoms with Crippen molar-refractivity contribution in [3.8, 4) is 0 Å². The molecule has 1 N–H and O–H groups in total. The molecule has 0 radical (unpaired) electrons. The number of aliphatic hydroxyl groups excluding tert-OH is 1. The summed E-state index contributed by atoms with van der Waals surface area (Å²) in [7, 11) is 0. The maximum atomic E-state index is 12.2. The Morgan fingerprint density at radius 1 is 1.47 bits per heavy atom. The number of nitrogens with zero attached hydrogens (tertiary/aromatic N) is 1. The van der Waals surface area contributed by atoms with E-state index in [9.17, 15) is 9.90 Å². The van der Waals surface area contributed by atoms with E-state index in [0.29, 0.717) is 11.8 Å². The van der Waals surface area contributed by atoms with Crippen LogP contribution in [0.25, 0.3) is 0 Å². The van der Waals surface area contributed by atoms with Crippen LogP contribution in [-0.2, 0) is 4.74 Å². The fourth-order valence-electron chi connectivity index (χ4n) is 2.95. The number of aliphatic hydroxyl groups is 1. The zero-order valence-corrected chi connectivity index (χ0v) is 11.3. The van der Waals surface area contributed by atoms with Gasteiger partial charge in [-0.3, -0.25) is 4.90 Å². The van der Waals surface area contributed by atoms with Gasteiger partial charge in [-0.15, -0.1) is 0 Å². The van der Waals surface area contributed by atoms with Crippen LogP contribution in [0.1, 0.15) is 41.0 Å². The standard InChI is InChI=1S/C13H23NO3/c1-7-9-6-10(8(2)15)14(11(7)9)12(16)17-13(3,4)5/h7-11,15H,6H2,1-5H3/t7-,8-,9+,10-,11?/m0/s1. The molecule has 1 heterocycles. The Labute approximate surface area is 103 Å². The molecule has 1 aliphatic carbocycles. The van der Waals surface area contributed by atoms with Crippen LogP contribution >= 0.6 is 0 Å². The first-order chi connectivity index (χ1) is 7.72. The van der Waals surface area contributed by atoms with Crippen molar-refractivity contribution in [2.75, 3.05) is 0 Å². The lowest BCUT2D eigenvalue weighted by Gasteiger charge is -2.32. The van der Waals surface area contributed by atoms with E-state index in [0.717, 1.165) is 6.42 Å². The van der Waals surface area contributed by atoms with E-state index >= 15 is 0 Å². The van der Waals surface area contributed by atoms with Gasteiger partial charge in [0, 0.05) is 6.04 Å². The van der Waals surface area contributed by atoms with E-state index in [1.165, 1.54) is 0 Å². The molecule has 1 aliphatic heterocycles. The van der Waals surface area contributed by atoms with Gasteiger partial charge in [0.1, 0.15) is 5.60 Å². The topological polar surface area (TPSA) is 49.8 Å². The molecule has 1 saturated heterocycles. The maximum Gasteiger partial charge on any atom is 0.410 e. The van der Waals surface area contributed by atoms with Gasteiger partial charge in [-0.2, -0.15) is 0 Å². The molecule has 5 atom stereocenters. The minimum absolute atomic E-state index is 0.0731. The third kappa shape index (κ3) is 2.28. The molecule has 2 rings (SSSR count). The van der Waals surface area contributed by atoms with Crippen molar-refractivity contribution >= 4 is 6.09 Å². The number of carbonyl (C=O) groups excluding carboxylic acids is 1. The van der Waals surface area contributed by atoms with Crippen LogP contribution in [0.4, 0.5) is 4.79 Å². The van der Waals surface area contributed by atoms with Gasteiger partial charge in [0.05, 0.1) is 12.1 Å². The Morgan fingerprint density at radius 3 is 2.53 bits per heavy atom. The van der Waals surface area contributed by atoms with Crippen LogP contribution in [0, 0.1) is 11.8 Å². The third-order valence-electron chi connectivity index (χ3n) is 3.87. The van der Waals surface area contributed by atoms with Gasteiger partial charge < -0.3 is 9.84 Å². The van der Waals surface area contributed by atoms with Gasteiger partial charge in [0.2, 0.25) is 0 Å². The van der Waals surface area contributed by atoms with Crippen LogP contribution < -0.4 is 0 Å². The summed E-state index contributed by atoms with van der Waals surface area (Å²) in [5, 5.41) is 9.74. The Kier molecular flexibility index (Phi) is 2.89. The maximum absolute atomic E-state index is 12.2. The van der Waals surface area contributed by atoms with Gasteiger partial charge in [-0.05, 0) is 46.0 Å².